The van der Waals surface area contributed by atoms with Crippen LogP contribution < -0.4 is 10.5 Å². The van der Waals surface area contributed by atoms with Crippen molar-refractivity contribution in [2.45, 2.75) is 24.5 Å². The molecule has 0 bridgehead atoms. The highest BCUT2D eigenvalue weighted by atomic mass is 19.4. The van der Waals surface area contributed by atoms with Crippen LogP contribution in [0.25, 0.3) is 0 Å². The lowest BCUT2D eigenvalue weighted by Gasteiger charge is -2.20. The number of carbonyl (C=O) groups is 1. The number of hydrogen-bond donors (Lipinski definition) is 3. The van der Waals surface area contributed by atoms with Gasteiger partial charge in [0.15, 0.2) is 6.10 Å². The summed E-state index contributed by atoms with van der Waals surface area (Å²) in [7, 11) is 0. The maximum Gasteiger partial charge on any atom is 0.499 e. The maximum atomic E-state index is 12.6. The molecule has 2 unspecified atom stereocenters. The number of halogens is 5. The Kier molecular flexibility index (Phi) is 4.74. The van der Waals surface area contributed by atoms with E-state index in [1.54, 1.807) is 0 Å². The molecule has 118 valence electrons. The van der Waals surface area contributed by atoms with Gasteiger partial charge in [-0.1, -0.05) is 12.1 Å². The zero-order chi connectivity index (χ0) is 16.4. The van der Waals surface area contributed by atoms with Gasteiger partial charge in [0.1, 0.15) is 11.9 Å². The first-order valence-electron chi connectivity index (χ1n) is 5.34. The molecule has 21 heavy (non-hydrogen) atoms. The zero-order valence-corrected chi connectivity index (χ0v) is 10.1. The number of ether oxygens (including phenoxy) is 1. The van der Waals surface area contributed by atoms with Crippen LogP contribution in [-0.4, -0.2) is 34.5 Å². The summed E-state index contributed by atoms with van der Waals surface area (Å²) >= 11 is 0. The molecule has 0 saturated heterocycles. The summed E-state index contributed by atoms with van der Waals surface area (Å²) in [5.74, 6) is -2.05. The SMILES string of the molecule is NC(=O)C(O)C(O)c1ccc(OC(F)(F)C(F)(F)F)cc1. The number of primary amides is 1. The molecule has 1 aromatic carbocycles. The van der Waals surface area contributed by atoms with Crippen molar-refractivity contribution in [1.82, 2.24) is 0 Å². The van der Waals surface area contributed by atoms with E-state index in [0.29, 0.717) is 12.1 Å². The Morgan fingerprint density at radius 2 is 1.57 bits per heavy atom. The number of aliphatic hydroxyl groups excluding tert-OH is 2. The second-order valence-electron chi connectivity index (χ2n) is 3.98. The molecule has 0 aliphatic rings. The number of hydrogen-bond acceptors (Lipinski definition) is 4. The van der Waals surface area contributed by atoms with Crippen molar-refractivity contribution in [2.24, 2.45) is 5.73 Å². The van der Waals surface area contributed by atoms with E-state index >= 15 is 0 Å². The normalized spacial score (nSPS) is 15.4. The second-order valence-corrected chi connectivity index (χ2v) is 3.98. The standard InChI is InChI=1S/C11H10F5NO4/c12-10(13,14)11(15,16)21-6-3-1-5(2-4-6)7(18)8(19)9(17)20/h1-4,7-8,18-19H,(H2,17,20). The zero-order valence-electron chi connectivity index (χ0n) is 10.1. The fourth-order valence-electron chi connectivity index (χ4n) is 1.28. The maximum absolute atomic E-state index is 12.6. The van der Waals surface area contributed by atoms with E-state index < -0.39 is 36.1 Å². The van der Waals surface area contributed by atoms with Crippen molar-refractivity contribution >= 4 is 5.91 Å². The number of alkyl halides is 5. The number of benzene rings is 1. The second kappa shape index (κ2) is 5.82. The summed E-state index contributed by atoms with van der Waals surface area (Å²) in [6.45, 7) is 0. The molecule has 1 aromatic rings. The van der Waals surface area contributed by atoms with E-state index in [1.165, 1.54) is 0 Å². The van der Waals surface area contributed by atoms with Crippen molar-refractivity contribution in [3.63, 3.8) is 0 Å². The number of rotatable bonds is 5. The average Bonchev–Trinajstić information content (AvgIpc) is 2.36. The van der Waals surface area contributed by atoms with Crippen LogP contribution in [0.5, 0.6) is 5.75 Å². The van der Waals surface area contributed by atoms with Gasteiger partial charge in [0.25, 0.3) is 0 Å². The molecule has 0 aliphatic carbocycles. The molecule has 2 atom stereocenters. The minimum absolute atomic E-state index is 0.121. The van der Waals surface area contributed by atoms with Gasteiger partial charge < -0.3 is 20.7 Å². The molecule has 0 aliphatic heterocycles. The van der Waals surface area contributed by atoms with Gasteiger partial charge in [0, 0.05) is 0 Å². The van der Waals surface area contributed by atoms with Gasteiger partial charge >= 0.3 is 12.3 Å². The highest BCUT2D eigenvalue weighted by Crippen LogP contribution is 2.37. The summed E-state index contributed by atoms with van der Waals surface area (Å²) in [5, 5.41) is 18.7. The van der Waals surface area contributed by atoms with Gasteiger partial charge in [-0.05, 0) is 17.7 Å². The summed E-state index contributed by atoms with van der Waals surface area (Å²) in [5.41, 5.74) is 4.62. The van der Waals surface area contributed by atoms with Crippen molar-refractivity contribution in [1.29, 1.82) is 0 Å². The van der Waals surface area contributed by atoms with Crippen LogP contribution in [0.15, 0.2) is 24.3 Å². The Hall–Kier alpha value is -1.94. The lowest BCUT2D eigenvalue weighted by molar-refractivity contribution is -0.360. The molecule has 0 radical (unpaired) electrons. The molecular formula is C11H10F5NO4. The van der Waals surface area contributed by atoms with E-state index in [-0.39, 0.29) is 5.56 Å². The molecule has 5 nitrogen and oxygen atoms in total. The van der Waals surface area contributed by atoms with Crippen molar-refractivity contribution < 1.29 is 41.7 Å². The number of carbonyl (C=O) groups excluding carboxylic acids is 1. The molecule has 10 heteroatoms. The molecule has 0 aromatic heterocycles. The minimum Gasteiger partial charge on any atom is -0.426 e. The third-order valence-electron chi connectivity index (χ3n) is 2.39. The van der Waals surface area contributed by atoms with Gasteiger partial charge in [-0.15, -0.1) is 0 Å². The van der Waals surface area contributed by atoms with Crippen LogP contribution in [-0.2, 0) is 4.79 Å². The summed E-state index contributed by atoms with van der Waals surface area (Å²) in [4.78, 5) is 10.6. The first-order chi connectivity index (χ1) is 9.45. The minimum atomic E-state index is -5.88. The van der Waals surface area contributed by atoms with E-state index in [4.69, 9.17) is 5.73 Å². The summed E-state index contributed by atoms with van der Waals surface area (Å²) in [6, 6.07) is 3.23. The van der Waals surface area contributed by atoms with Gasteiger partial charge in [0.2, 0.25) is 5.91 Å². The Bertz CT molecular complexity index is 502. The van der Waals surface area contributed by atoms with Crippen LogP contribution in [0.4, 0.5) is 22.0 Å². The molecule has 4 N–H and O–H groups in total. The van der Waals surface area contributed by atoms with Crippen LogP contribution >= 0.6 is 0 Å². The topological polar surface area (TPSA) is 92.8 Å². The first kappa shape index (κ1) is 17.1. The lowest BCUT2D eigenvalue weighted by Crippen LogP contribution is -2.41. The Morgan fingerprint density at radius 1 is 1.10 bits per heavy atom. The van der Waals surface area contributed by atoms with Crippen molar-refractivity contribution in [3.8, 4) is 5.75 Å². The average molecular weight is 315 g/mol. The van der Waals surface area contributed by atoms with Crippen molar-refractivity contribution in [2.75, 3.05) is 0 Å². The van der Waals surface area contributed by atoms with E-state index in [1.807, 2.05) is 0 Å². The molecular weight excluding hydrogens is 305 g/mol. The summed E-state index contributed by atoms with van der Waals surface area (Å²) < 4.78 is 64.5. The predicted octanol–water partition coefficient (Wildman–Crippen LogP) is 1.10. The van der Waals surface area contributed by atoms with E-state index in [0.717, 1.165) is 12.1 Å². The molecule has 1 rings (SSSR count). The molecule has 0 spiro atoms. The lowest BCUT2D eigenvalue weighted by atomic mass is 10.0. The number of amides is 1. The summed E-state index contributed by atoms with van der Waals surface area (Å²) in [6.07, 6.45) is -15.0. The van der Waals surface area contributed by atoms with Gasteiger partial charge in [0.05, 0.1) is 0 Å². The number of nitrogens with two attached hydrogens (primary N) is 1. The molecule has 1 amide bonds. The smallest absolute Gasteiger partial charge is 0.426 e. The molecule has 0 fully saturated rings. The largest absolute Gasteiger partial charge is 0.499 e. The van der Waals surface area contributed by atoms with Crippen LogP contribution in [0.2, 0.25) is 0 Å². The monoisotopic (exact) mass is 315 g/mol. The van der Waals surface area contributed by atoms with E-state index in [2.05, 4.69) is 4.74 Å². The van der Waals surface area contributed by atoms with Crippen LogP contribution in [0.3, 0.4) is 0 Å². The fourth-order valence-corrected chi connectivity index (χ4v) is 1.28. The highest BCUT2D eigenvalue weighted by Gasteiger charge is 2.61. The highest BCUT2D eigenvalue weighted by molar-refractivity contribution is 5.79. The Labute approximate surface area is 114 Å². The van der Waals surface area contributed by atoms with Crippen molar-refractivity contribution in [3.05, 3.63) is 29.8 Å². The van der Waals surface area contributed by atoms with Gasteiger partial charge in [-0.2, -0.15) is 22.0 Å². The fraction of sp³-hybridized carbons (Fsp3) is 0.364. The van der Waals surface area contributed by atoms with Crippen LogP contribution in [0.1, 0.15) is 11.7 Å². The van der Waals surface area contributed by atoms with Gasteiger partial charge in [-0.25, -0.2) is 0 Å². The third kappa shape index (κ3) is 4.02. The Balaban J connectivity index is 2.86. The molecule has 0 heterocycles. The van der Waals surface area contributed by atoms with E-state index in [9.17, 15) is 37.0 Å². The van der Waals surface area contributed by atoms with Crippen LogP contribution in [0, 0.1) is 0 Å². The quantitative estimate of drug-likeness (QED) is 0.709. The predicted molar refractivity (Wildman–Crippen MR) is 58.2 cm³/mol. The third-order valence-corrected chi connectivity index (χ3v) is 2.39. The first-order valence-corrected chi connectivity index (χ1v) is 5.34. The Morgan fingerprint density at radius 3 is 1.95 bits per heavy atom. The number of aliphatic hydroxyl groups is 2. The molecule has 0 saturated carbocycles. The van der Waals surface area contributed by atoms with Gasteiger partial charge in [-0.3, -0.25) is 4.79 Å².